The third-order valence-electron chi connectivity index (χ3n) is 5.25. The van der Waals surface area contributed by atoms with E-state index >= 15 is 0 Å². The van der Waals surface area contributed by atoms with Gasteiger partial charge in [0.05, 0.1) is 6.61 Å². The summed E-state index contributed by atoms with van der Waals surface area (Å²) >= 11 is 0. The number of rotatable bonds is 8. The predicted octanol–water partition coefficient (Wildman–Crippen LogP) is 7.08. The van der Waals surface area contributed by atoms with Crippen LogP contribution in [0.2, 0.25) is 0 Å². The predicted molar refractivity (Wildman–Crippen MR) is 100 cm³/mol. The Morgan fingerprint density at radius 2 is 1.53 bits per heavy atom. The summed E-state index contributed by atoms with van der Waals surface area (Å²) < 4.78 is 139. The zero-order valence-electron chi connectivity index (χ0n) is 17.6. The smallest absolute Gasteiger partial charge is 0.429 e. The molecule has 34 heavy (non-hydrogen) atoms. The summed E-state index contributed by atoms with van der Waals surface area (Å²) in [6.07, 6.45) is -8.67. The first-order valence-corrected chi connectivity index (χ1v) is 10.2. The second kappa shape index (κ2) is 9.93. The van der Waals surface area contributed by atoms with Gasteiger partial charge in [-0.3, -0.25) is 0 Å². The second-order valence-corrected chi connectivity index (χ2v) is 7.78. The van der Waals surface area contributed by atoms with Crippen LogP contribution in [-0.4, -0.2) is 18.8 Å². The highest BCUT2D eigenvalue weighted by atomic mass is 19.3. The third-order valence-corrected chi connectivity index (χ3v) is 5.25. The maximum atomic E-state index is 14.4. The summed E-state index contributed by atoms with van der Waals surface area (Å²) in [7, 11) is 0. The number of benzene rings is 2. The molecule has 0 N–H and O–H groups in total. The van der Waals surface area contributed by atoms with Crippen molar-refractivity contribution in [3.8, 4) is 11.5 Å². The molecule has 0 amide bonds. The molecule has 0 radical (unpaired) electrons. The van der Waals surface area contributed by atoms with Crippen LogP contribution in [0.3, 0.4) is 0 Å². The van der Waals surface area contributed by atoms with Crippen molar-refractivity contribution in [2.24, 2.45) is 5.92 Å². The van der Waals surface area contributed by atoms with Crippen LogP contribution in [0.1, 0.15) is 38.2 Å². The minimum atomic E-state index is -4.72. The highest BCUT2D eigenvalue weighted by Gasteiger charge is 2.47. The standard InChI is InChI=1S/C22H19F9O3/c1-2-3-11-4-7-17(32-10-11)22(30,31)34-16-6-5-13(18(25)20(16)27)21(28,29)33-12-8-14(23)19(26)15(24)9-12/h5-6,8-9,11,17H,2-4,7,10H2,1H3. The van der Waals surface area contributed by atoms with E-state index in [0.29, 0.717) is 12.5 Å². The lowest BCUT2D eigenvalue weighted by Gasteiger charge is -2.33. The molecule has 3 nitrogen and oxygen atoms in total. The molecule has 0 aromatic heterocycles. The van der Waals surface area contributed by atoms with E-state index in [4.69, 9.17) is 4.74 Å². The molecule has 0 saturated carbocycles. The molecule has 0 spiro atoms. The zero-order valence-corrected chi connectivity index (χ0v) is 17.6. The van der Waals surface area contributed by atoms with Crippen molar-refractivity contribution in [1.29, 1.82) is 0 Å². The second-order valence-electron chi connectivity index (χ2n) is 7.78. The molecular formula is C22H19F9O3. The van der Waals surface area contributed by atoms with E-state index < -0.39 is 64.5 Å². The third kappa shape index (κ3) is 5.53. The minimum Gasteiger partial charge on any atom is -0.429 e. The number of hydrogen-bond acceptors (Lipinski definition) is 3. The molecule has 2 aromatic rings. The average molecular weight is 502 g/mol. The summed E-state index contributed by atoms with van der Waals surface area (Å²) in [6.45, 7) is 1.96. The summed E-state index contributed by atoms with van der Waals surface area (Å²) in [5, 5.41) is 0. The Labute approximate surface area is 188 Å². The van der Waals surface area contributed by atoms with Crippen molar-refractivity contribution in [1.82, 2.24) is 0 Å². The van der Waals surface area contributed by atoms with Crippen LogP contribution in [0.15, 0.2) is 24.3 Å². The van der Waals surface area contributed by atoms with E-state index in [2.05, 4.69) is 9.47 Å². The minimum absolute atomic E-state index is 0.0291. The fourth-order valence-electron chi connectivity index (χ4n) is 3.55. The maximum absolute atomic E-state index is 14.4. The van der Waals surface area contributed by atoms with E-state index in [0.717, 1.165) is 12.8 Å². The molecule has 2 aromatic carbocycles. The molecule has 1 heterocycles. The Kier molecular flexibility index (Phi) is 7.59. The molecular weight excluding hydrogens is 483 g/mol. The molecule has 1 aliphatic heterocycles. The lowest BCUT2D eigenvalue weighted by Crippen LogP contribution is -2.44. The van der Waals surface area contributed by atoms with Crippen molar-refractivity contribution < 1.29 is 53.7 Å². The van der Waals surface area contributed by atoms with Crippen LogP contribution in [-0.2, 0) is 10.8 Å². The first kappa shape index (κ1) is 26.0. The van der Waals surface area contributed by atoms with Gasteiger partial charge < -0.3 is 14.2 Å². The fourth-order valence-corrected chi connectivity index (χ4v) is 3.55. The Bertz CT molecular complexity index is 998. The number of ether oxygens (including phenoxy) is 3. The van der Waals surface area contributed by atoms with E-state index in [-0.39, 0.29) is 37.1 Å². The van der Waals surface area contributed by atoms with Crippen molar-refractivity contribution in [3.63, 3.8) is 0 Å². The monoisotopic (exact) mass is 502 g/mol. The highest BCUT2D eigenvalue weighted by Crippen LogP contribution is 2.39. The van der Waals surface area contributed by atoms with Gasteiger partial charge in [0.15, 0.2) is 35.1 Å². The Morgan fingerprint density at radius 3 is 2.09 bits per heavy atom. The molecule has 12 heteroatoms. The molecule has 3 rings (SSSR count). The number of alkyl halides is 4. The van der Waals surface area contributed by atoms with Gasteiger partial charge in [0.1, 0.15) is 11.3 Å². The molecule has 0 bridgehead atoms. The van der Waals surface area contributed by atoms with Gasteiger partial charge in [-0.15, -0.1) is 0 Å². The Hall–Kier alpha value is -2.63. The van der Waals surface area contributed by atoms with Crippen LogP contribution >= 0.6 is 0 Å². The maximum Gasteiger partial charge on any atom is 0.429 e. The zero-order chi connectivity index (χ0) is 25.3. The first-order chi connectivity index (χ1) is 15.9. The average Bonchev–Trinajstić information content (AvgIpc) is 2.75. The van der Waals surface area contributed by atoms with Gasteiger partial charge in [-0.2, -0.15) is 22.0 Å². The first-order valence-electron chi connectivity index (χ1n) is 10.2. The summed E-state index contributed by atoms with van der Waals surface area (Å²) in [5.74, 6) is -12.7. The Morgan fingerprint density at radius 1 is 0.882 bits per heavy atom. The lowest BCUT2D eigenvalue weighted by molar-refractivity contribution is -0.265. The quantitative estimate of drug-likeness (QED) is 0.285. The fraction of sp³-hybridized carbons (Fsp3) is 0.455. The van der Waals surface area contributed by atoms with Crippen LogP contribution in [0.4, 0.5) is 39.5 Å². The van der Waals surface area contributed by atoms with Crippen LogP contribution in [0.5, 0.6) is 11.5 Å². The topological polar surface area (TPSA) is 27.7 Å². The van der Waals surface area contributed by atoms with Crippen LogP contribution < -0.4 is 9.47 Å². The van der Waals surface area contributed by atoms with Crippen LogP contribution in [0.25, 0.3) is 0 Å². The van der Waals surface area contributed by atoms with Gasteiger partial charge in [-0.1, -0.05) is 13.3 Å². The van der Waals surface area contributed by atoms with Crippen molar-refractivity contribution in [2.45, 2.75) is 50.9 Å². The van der Waals surface area contributed by atoms with E-state index in [1.165, 1.54) is 0 Å². The molecule has 2 unspecified atom stereocenters. The highest BCUT2D eigenvalue weighted by molar-refractivity contribution is 5.34. The van der Waals surface area contributed by atoms with E-state index in [1.807, 2.05) is 6.92 Å². The van der Waals surface area contributed by atoms with Crippen molar-refractivity contribution in [2.75, 3.05) is 6.61 Å². The lowest BCUT2D eigenvalue weighted by atomic mass is 9.94. The van der Waals surface area contributed by atoms with Crippen LogP contribution in [0, 0.1) is 35.0 Å². The van der Waals surface area contributed by atoms with Gasteiger partial charge in [0, 0.05) is 12.1 Å². The normalized spacial score (nSPS) is 19.2. The summed E-state index contributed by atoms with van der Waals surface area (Å²) in [5.41, 5.74) is -1.78. The molecule has 188 valence electrons. The van der Waals surface area contributed by atoms with Gasteiger partial charge in [0.25, 0.3) is 0 Å². The number of hydrogen-bond donors (Lipinski definition) is 0. The van der Waals surface area contributed by atoms with E-state index in [1.54, 1.807) is 0 Å². The summed E-state index contributed by atoms with van der Waals surface area (Å²) in [4.78, 5) is 0. The molecule has 0 aliphatic carbocycles. The van der Waals surface area contributed by atoms with Gasteiger partial charge in [-0.05, 0) is 37.3 Å². The molecule has 2 atom stereocenters. The van der Waals surface area contributed by atoms with Gasteiger partial charge in [-0.25, -0.2) is 17.6 Å². The SMILES string of the molecule is CCCC1CCC(C(F)(F)Oc2ccc(C(F)(F)Oc3cc(F)c(F)c(F)c3)c(F)c2F)OC1. The largest absolute Gasteiger partial charge is 0.429 e. The molecule has 1 saturated heterocycles. The summed E-state index contributed by atoms with van der Waals surface area (Å²) in [6, 6.07) is 0.661. The molecule has 1 aliphatic rings. The Balaban J connectivity index is 1.77. The molecule has 1 fully saturated rings. The van der Waals surface area contributed by atoms with Crippen molar-refractivity contribution >= 4 is 0 Å². The van der Waals surface area contributed by atoms with Gasteiger partial charge in [0.2, 0.25) is 5.82 Å². The number of halogens is 9. The van der Waals surface area contributed by atoms with E-state index in [9.17, 15) is 39.5 Å². The van der Waals surface area contributed by atoms with Crippen molar-refractivity contribution in [3.05, 3.63) is 58.9 Å². The van der Waals surface area contributed by atoms with Gasteiger partial charge >= 0.3 is 12.2 Å².